The fourth-order valence-corrected chi connectivity index (χ4v) is 2.27. The Morgan fingerprint density at radius 1 is 1.50 bits per heavy atom. The van der Waals surface area contributed by atoms with Gasteiger partial charge >= 0.3 is 0 Å². The van der Waals surface area contributed by atoms with Gasteiger partial charge in [-0.05, 0) is 12.5 Å². The fraction of sp³-hybridized carbons (Fsp3) is 0.462. The normalized spacial score (nSPS) is 18.8. The predicted molar refractivity (Wildman–Crippen MR) is 73.9 cm³/mol. The van der Waals surface area contributed by atoms with Crippen molar-refractivity contribution >= 4 is 17.3 Å². The van der Waals surface area contributed by atoms with Crippen molar-refractivity contribution in [2.75, 3.05) is 26.0 Å². The molecule has 1 aliphatic heterocycles. The lowest BCUT2D eigenvalue weighted by atomic mass is 10.1. The number of ether oxygens (including phenoxy) is 1. The number of nitro benzene ring substituents is 1. The number of nitrogens with zero attached hydrogens (tertiary/aromatic N) is 2. The van der Waals surface area contributed by atoms with E-state index in [-0.39, 0.29) is 17.6 Å². The van der Waals surface area contributed by atoms with Crippen LogP contribution in [0.15, 0.2) is 18.2 Å². The van der Waals surface area contributed by atoms with Gasteiger partial charge < -0.3 is 15.0 Å². The number of rotatable bonds is 4. The molecule has 0 radical (unpaired) electrons. The molecule has 1 aliphatic rings. The van der Waals surface area contributed by atoms with Crippen LogP contribution in [0.5, 0.6) is 5.75 Å². The Kier molecular flexibility index (Phi) is 4.07. The first-order valence-corrected chi connectivity index (χ1v) is 6.34. The molecule has 108 valence electrons. The van der Waals surface area contributed by atoms with Crippen LogP contribution < -0.4 is 10.1 Å². The van der Waals surface area contributed by atoms with Gasteiger partial charge in [0.2, 0.25) is 5.91 Å². The summed E-state index contributed by atoms with van der Waals surface area (Å²) in [7, 11) is 3.24. The molecular weight excluding hydrogens is 262 g/mol. The number of hydrogen-bond acceptors (Lipinski definition) is 5. The van der Waals surface area contributed by atoms with Gasteiger partial charge in [-0.1, -0.05) is 0 Å². The number of carbonyl (C=O) groups excluding carboxylic acids is 1. The second-order valence-electron chi connectivity index (χ2n) is 4.79. The van der Waals surface area contributed by atoms with Gasteiger partial charge in [-0.25, -0.2) is 0 Å². The van der Waals surface area contributed by atoms with Gasteiger partial charge in [-0.15, -0.1) is 0 Å². The van der Waals surface area contributed by atoms with Crippen LogP contribution in [0, 0.1) is 10.1 Å². The van der Waals surface area contributed by atoms with Crippen LogP contribution >= 0.6 is 0 Å². The van der Waals surface area contributed by atoms with Crippen molar-refractivity contribution < 1.29 is 14.5 Å². The molecular formula is C13H17N3O4. The van der Waals surface area contributed by atoms with Crippen LogP contribution in [-0.4, -0.2) is 42.5 Å². The molecule has 0 spiro atoms. The first-order valence-electron chi connectivity index (χ1n) is 6.34. The molecule has 1 aromatic carbocycles. The van der Waals surface area contributed by atoms with Crippen molar-refractivity contribution in [1.82, 2.24) is 4.90 Å². The molecule has 20 heavy (non-hydrogen) atoms. The lowest BCUT2D eigenvalue weighted by molar-refractivity contribution is -0.384. The molecule has 7 nitrogen and oxygen atoms in total. The summed E-state index contributed by atoms with van der Waals surface area (Å²) in [5.74, 6) is 0.654. The zero-order chi connectivity index (χ0) is 14.7. The molecule has 0 aliphatic carbocycles. The molecule has 0 aromatic heterocycles. The third kappa shape index (κ3) is 2.98. The largest absolute Gasteiger partial charge is 0.497 e. The number of amides is 1. The fourth-order valence-electron chi connectivity index (χ4n) is 2.27. The zero-order valence-electron chi connectivity index (χ0n) is 11.5. The molecule has 1 fully saturated rings. The van der Waals surface area contributed by atoms with E-state index < -0.39 is 4.92 Å². The number of benzene rings is 1. The summed E-state index contributed by atoms with van der Waals surface area (Å²) in [4.78, 5) is 23.7. The molecule has 1 amide bonds. The summed E-state index contributed by atoms with van der Waals surface area (Å²) >= 11 is 0. The first kappa shape index (κ1) is 14.1. The summed E-state index contributed by atoms with van der Waals surface area (Å²) < 4.78 is 5.09. The number of nitrogens with one attached hydrogen (secondary N) is 1. The smallest absolute Gasteiger partial charge is 0.292 e. The standard InChI is InChI=1S/C13H17N3O4/c1-15-8-9(3-6-13(15)17)14-11-7-10(20-2)4-5-12(11)16(18)19/h4-5,7,9,14H,3,6,8H2,1-2H3. The highest BCUT2D eigenvalue weighted by Gasteiger charge is 2.25. The Morgan fingerprint density at radius 3 is 2.85 bits per heavy atom. The Balaban J connectivity index is 2.19. The molecule has 1 saturated heterocycles. The van der Waals surface area contributed by atoms with E-state index in [1.165, 1.54) is 13.2 Å². The minimum atomic E-state index is -0.431. The van der Waals surface area contributed by atoms with Crippen molar-refractivity contribution in [1.29, 1.82) is 0 Å². The van der Waals surface area contributed by atoms with Gasteiger partial charge in [-0.2, -0.15) is 0 Å². The Morgan fingerprint density at radius 2 is 2.25 bits per heavy atom. The SMILES string of the molecule is COc1ccc([N+](=O)[O-])c(NC2CCC(=O)N(C)C2)c1. The average Bonchev–Trinajstić information content (AvgIpc) is 2.42. The summed E-state index contributed by atoms with van der Waals surface area (Å²) in [6, 6.07) is 4.58. The highest BCUT2D eigenvalue weighted by Crippen LogP contribution is 2.30. The van der Waals surface area contributed by atoms with E-state index in [0.29, 0.717) is 30.8 Å². The number of anilines is 1. The summed E-state index contributed by atoms with van der Waals surface area (Å²) in [5.41, 5.74) is 0.424. The van der Waals surface area contributed by atoms with E-state index in [9.17, 15) is 14.9 Å². The van der Waals surface area contributed by atoms with Crippen LogP contribution in [0.1, 0.15) is 12.8 Å². The van der Waals surface area contributed by atoms with Crippen molar-refractivity contribution in [3.05, 3.63) is 28.3 Å². The third-order valence-electron chi connectivity index (χ3n) is 3.39. The van der Waals surface area contributed by atoms with Crippen LogP contribution in [0.4, 0.5) is 11.4 Å². The topological polar surface area (TPSA) is 84.7 Å². The van der Waals surface area contributed by atoms with Crippen LogP contribution in [0.3, 0.4) is 0 Å². The molecule has 1 unspecified atom stereocenters. The monoisotopic (exact) mass is 279 g/mol. The van der Waals surface area contributed by atoms with E-state index in [1.807, 2.05) is 0 Å². The quantitative estimate of drug-likeness (QED) is 0.669. The maximum atomic E-state index is 11.4. The van der Waals surface area contributed by atoms with Crippen LogP contribution in [-0.2, 0) is 4.79 Å². The van der Waals surface area contributed by atoms with E-state index in [4.69, 9.17) is 4.74 Å². The lowest BCUT2D eigenvalue weighted by Gasteiger charge is -2.30. The van der Waals surface area contributed by atoms with E-state index in [1.54, 1.807) is 24.1 Å². The molecule has 1 N–H and O–H groups in total. The number of carbonyl (C=O) groups is 1. The molecule has 2 rings (SSSR count). The van der Waals surface area contributed by atoms with Crippen molar-refractivity contribution in [2.45, 2.75) is 18.9 Å². The van der Waals surface area contributed by atoms with Gasteiger partial charge in [0.25, 0.3) is 5.69 Å². The molecule has 0 saturated carbocycles. The Labute approximate surface area is 116 Å². The molecule has 1 heterocycles. The second-order valence-corrected chi connectivity index (χ2v) is 4.79. The van der Waals surface area contributed by atoms with E-state index in [2.05, 4.69) is 5.32 Å². The highest BCUT2D eigenvalue weighted by atomic mass is 16.6. The van der Waals surface area contributed by atoms with Crippen LogP contribution in [0.2, 0.25) is 0 Å². The van der Waals surface area contributed by atoms with E-state index >= 15 is 0 Å². The predicted octanol–water partition coefficient (Wildman–Crippen LogP) is 1.64. The number of hydrogen-bond donors (Lipinski definition) is 1. The van der Waals surface area contributed by atoms with Crippen molar-refractivity contribution in [3.63, 3.8) is 0 Å². The first-order chi connectivity index (χ1) is 9.51. The van der Waals surface area contributed by atoms with Gasteiger partial charge in [0.05, 0.1) is 12.0 Å². The number of methoxy groups -OCH3 is 1. The number of likely N-dealkylation sites (tertiary alicyclic amines) is 1. The maximum absolute atomic E-state index is 11.4. The second kappa shape index (κ2) is 5.77. The van der Waals surface area contributed by atoms with Gasteiger partial charge in [0.1, 0.15) is 11.4 Å². The Hall–Kier alpha value is -2.31. The average molecular weight is 279 g/mol. The molecule has 7 heteroatoms. The van der Waals surface area contributed by atoms with Gasteiger partial charge in [0, 0.05) is 38.2 Å². The maximum Gasteiger partial charge on any atom is 0.292 e. The van der Waals surface area contributed by atoms with Crippen molar-refractivity contribution in [3.8, 4) is 5.75 Å². The number of piperidine rings is 1. The highest BCUT2D eigenvalue weighted by molar-refractivity contribution is 5.77. The van der Waals surface area contributed by atoms with E-state index in [0.717, 1.165) is 0 Å². The number of likely N-dealkylation sites (N-methyl/N-ethyl adjacent to an activating group) is 1. The molecule has 0 bridgehead atoms. The van der Waals surface area contributed by atoms with Gasteiger partial charge in [0.15, 0.2) is 0 Å². The summed E-state index contributed by atoms with van der Waals surface area (Å²) in [6.07, 6.45) is 1.11. The summed E-state index contributed by atoms with van der Waals surface area (Å²) in [5, 5.41) is 14.2. The minimum Gasteiger partial charge on any atom is -0.497 e. The summed E-state index contributed by atoms with van der Waals surface area (Å²) in [6.45, 7) is 0.535. The third-order valence-corrected chi connectivity index (χ3v) is 3.39. The van der Waals surface area contributed by atoms with Crippen molar-refractivity contribution in [2.24, 2.45) is 0 Å². The lowest BCUT2D eigenvalue weighted by Crippen LogP contribution is -2.43. The number of nitro groups is 1. The zero-order valence-corrected chi connectivity index (χ0v) is 11.5. The molecule has 1 aromatic rings. The minimum absolute atomic E-state index is 0.00325. The Bertz CT molecular complexity index is 532. The van der Waals surface area contributed by atoms with Gasteiger partial charge in [-0.3, -0.25) is 14.9 Å². The molecule has 1 atom stereocenters. The van der Waals surface area contributed by atoms with Crippen LogP contribution in [0.25, 0.3) is 0 Å².